The number of hydrogen-bond donors (Lipinski definition) is 2. The maximum atomic E-state index is 5.57. The average molecular weight is 413 g/mol. The normalized spacial score (nSPS) is 19.0. The average Bonchev–Trinajstić information content (AvgIpc) is 3.08. The number of nitrogens with one attached hydrogen (secondary N) is 2. The van der Waals surface area contributed by atoms with E-state index in [4.69, 9.17) is 9.73 Å². The number of benzene rings is 1. The van der Waals surface area contributed by atoms with Crippen LogP contribution in [0.3, 0.4) is 0 Å². The summed E-state index contributed by atoms with van der Waals surface area (Å²) < 4.78 is 7.57. The lowest BCUT2D eigenvalue weighted by atomic mass is 10.1. The Morgan fingerprint density at radius 1 is 1.30 bits per heavy atom. The second-order valence-corrected chi connectivity index (χ2v) is 8.05. The first-order chi connectivity index (χ1) is 14.5. The molecular weight excluding hydrogens is 376 g/mol. The minimum atomic E-state index is 0.412. The monoisotopic (exact) mass is 412 g/mol. The Hall–Kier alpha value is -2.38. The van der Waals surface area contributed by atoms with Gasteiger partial charge in [-0.25, -0.2) is 9.67 Å². The third kappa shape index (κ3) is 5.61. The van der Waals surface area contributed by atoms with Crippen molar-refractivity contribution in [2.24, 2.45) is 4.99 Å². The topological polar surface area (TPSA) is 66.7 Å². The molecule has 7 nitrogen and oxygen atoms in total. The lowest BCUT2D eigenvalue weighted by Crippen LogP contribution is -2.53. The maximum Gasteiger partial charge on any atom is 0.191 e. The van der Waals surface area contributed by atoms with Gasteiger partial charge in [0.25, 0.3) is 0 Å². The van der Waals surface area contributed by atoms with E-state index in [9.17, 15) is 0 Å². The van der Waals surface area contributed by atoms with Crippen LogP contribution in [0.25, 0.3) is 5.69 Å². The number of ether oxygens (including phenoxy) is 1. The largest absolute Gasteiger partial charge is 0.379 e. The van der Waals surface area contributed by atoms with Crippen molar-refractivity contribution in [2.45, 2.75) is 53.2 Å². The van der Waals surface area contributed by atoms with Crippen LogP contribution >= 0.6 is 0 Å². The van der Waals surface area contributed by atoms with Gasteiger partial charge >= 0.3 is 0 Å². The van der Waals surface area contributed by atoms with E-state index < -0.39 is 0 Å². The minimum absolute atomic E-state index is 0.412. The molecule has 1 aliphatic heterocycles. The molecule has 2 atom stereocenters. The van der Waals surface area contributed by atoms with Gasteiger partial charge < -0.3 is 15.4 Å². The molecule has 164 valence electrons. The molecule has 2 aromatic rings. The Morgan fingerprint density at radius 2 is 2.10 bits per heavy atom. The molecule has 2 heterocycles. The highest BCUT2D eigenvalue weighted by Gasteiger charge is 2.23. The lowest BCUT2D eigenvalue weighted by molar-refractivity contribution is -0.0174. The van der Waals surface area contributed by atoms with Crippen LogP contribution in [0, 0.1) is 13.8 Å². The molecule has 0 bridgehead atoms. The van der Waals surface area contributed by atoms with E-state index in [1.54, 1.807) is 0 Å². The Kier molecular flexibility index (Phi) is 7.87. The molecular formula is C23H36N6O. The first-order valence-electron chi connectivity index (χ1n) is 11.0. The summed E-state index contributed by atoms with van der Waals surface area (Å²) in [6, 6.07) is 11.3. The number of guanidine groups is 1. The van der Waals surface area contributed by atoms with E-state index in [2.05, 4.69) is 72.6 Å². The molecule has 0 amide bonds. The van der Waals surface area contributed by atoms with E-state index in [1.165, 1.54) is 0 Å². The van der Waals surface area contributed by atoms with Crippen LogP contribution in [-0.4, -0.2) is 65.6 Å². The first-order valence-corrected chi connectivity index (χ1v) is 11.0. The molecule has 0 radical (unpaired) electrons. The number of hydrogen-bond acceptors (Lipinski definition) is 4. The van der Waals surface area contributed by atoms with Crippen LogP contribution in [0.4, 0.5) is 0 Å². The van der Waals surface area contributed by atoms with Crippen molar-refractivity contribution < 1.29 is 4.74 Å². The summed E-state index contributed by atoms with van der Waals surface area (Å²) in [7, 11) is 0. The van der Waals surface area contributed by atoms with Crippen molar-refractivity contribution in [3.63, 3.8) is 0 Å². The van der Waals surface area contributed by atoms with Gasteiger partial charge in [-0.2, -0.15) is 5.10 Å². The second kappa shape index (κ2) is 10.6. The molecule has 2 N–H and O–H groups in total. The Morgan fingerprint density at radius 3 is 2.80 bits per heavy atom. The number of para-hydroxylation sites is 1. The zero-order valence-corrected chi connectivity index (χ0v) is 19.0. The summed E-state index contributed by atoms with van der Waals surface area (Å²) in [6.45, 7) is 15.5. The summed E-state index contributed by atoms with van der Waals surface area (Å²) in [5, 5.41) is 11.5. The molecule has 1 saturated heterocycles. The van der Waals surface area contributed by atoms with E-state index >= 15 is 0 Å². The fourth-order valence-electron chi connectivity index (χ4n) is 3.99. The fraction of sp³-hybridized carbons (Fsp3) is 0.565. The molecule has 7 heteroatoms. The Bertz CT molecular complexity index is 846. The van der Waals surface area contributed by atoms with Gasteiger partial charge in [-0.3, -0.25) is 4.90 Å². The minimum Gasteiger partial charge on any atom is -0.379 e. The van der Waals surface area contributed by atoms with Crippen LogP contribution in [0.1, 0.15) is 37.7 Å². The van der Waals surface area contributed by atoms with Crippen LogP contribution < -0.4 is 10.6 Å². The molecule has 1 aromatic carbocycles. The summed E-state index contributed by atoms with van der Waals surface area (Å²) in [5.74, 6) is 0.841. The molecule has 1 aromatic heterocycles. The lowest BCUT2D eigenvalue weighted by Gasteiger charge is -2.38. The second-order valence-electron chi connectivity index (χ2n) is 8.05. The number of aryl methyl sites for hydroxylation is 2. The highest BCUT2D eigenvalue weighted by atomic mass is 16.5. The van der Waals surface area contributed by atoms with Crippen molar-refractivity contribution in [1.82, 2.24) is 25.3 Å². The summed E-state index contributed by atoms with van der Waals surface area (Å²) in [4.78, 5) is 7.35. The molecule has 3 rings (SSSR count). The van der Waals surface area contributed by atoms with Gasteiger partial charge in [0.05, 0.1) is 31.1 Å². The predicted octanol–water partition coefficient (Wildman–Crippen LogP) is 2.65. The van der Waals surface area contributed by atoms with E-state index in [0.717, 1.165) is 61.4 Å². The fourth-order valence-corrected chi connectivity index (χ4v) is 3.99. The van der Waals surface area contributed by atoms with Crippen LogP contribution in [0.15, 0.2) is 35.3 Å². The van der Waals surface area contributed by atoms with E-state index in [0.29, 0.717) is 18.6 Å². The van der Waals surface area contributed by atoms with Crippen LogP contribution in [-0.2, 0) is 11.3 Å². The zero-order valence-electron chi connectivity index (χ0n) is 19.0. The zero-order chi connectivity index (χ0) is 21.5. The van der Waals surface area contributed by atoms with E-state index in [1.807, 2.05) is 17.7 Å². The highest BCUT2D eigenvalue weighted by molar-refractivity contribution is 5.79. The third-order valence-electron chi connectivity index (χ3n) is 5.53. The maximum absolute atomic E-state index is 5.57. The Labute approximate surface area is 180 Å². The third-order valence-corrected chi connectivity index (χ3v) is 5.53. The molecule has 0 aliphatic carbocycles. The molecule has 2 unspecified atom stereocenters. The van der Waals surface area contributed by atoms with Gasteiger partial charge in [0.1, 0.15) is 0 Å². The van der Waals surface area contributed by atoms with Crippen LogP contribution in [0.2, 0.25) is 0 Å². The van der Waals surface area contributed by atoms with Gasteiger partial charge in [-0.05, 0) is 52.3 Å². The van der Waals surface area contributed by atoms with Crippen molar-refractivity contribution in [2.75, 3.05) is 32.8 Å². The number of morpholine rings is 1. The van der Waals surface area contributed by atoms with Gasteiger partial charge in [0, 0.05) is 37.4 Å². The summed E-state index contributed by atoms with van der Waals surface area (Å²) in [6.07, 6.45) is 0. The number of nitrogens with zero attached hydrogens (tertiary/aromatic N) is 4. The summed E-state index contributed by atoms with van der Waals surface area (Å²) in [5.41, 5.74) is 4.38. The van der Waals surface area contributed by atoms with Crippen molar-refractivity contribution in [3.8, 4) is 5.69 Å². The quantitative estimate of drug-likeness (QED) is 0.541. The van der Waals surface area contributed by atoms with E-state index in [-0.39, 0.29) is 0 Å². The number of aliphatic imine (C=N–C) groups is 1. The van der Waals surface area contributed by atoms with Gasteiger partial charge in [0.15, 0.2) is 5.96 Å². The highest BCUT2D eigenvalue weighted by Crippen LogP contribution is 2.18. The van der Waals surface area contributed by atoms with Gasteiger partial charge in [0.2, 0.25) is 0 Å². The van der Waals surface area contributed by atoms with Gasteiger partial charge in [-0.15, -0.1) is 0 Å². The summed E-state index contributed by atoms with van der Waals surface area (Å²) >= 11 is 0. The van der Waals surface area contributed by atoms with Gasteiger partial charge in [-0.1, -0.05) is 18.2 Å². The molecule has 0 saturated carbocycles. The first kappa shape index (κ1) is 22.3. The Balaban J connectivity index is 1.69. The molecule has 1 fully saturated rings. The molecule has 1 aliphatic rings. The van der Waals surface area contributed by atoms with Crippen LogP contribution in [0.5, 0.6) is 0 Å². The van der Waals surface area contributed by atoms with Crippen molar-refractivity contribution >= 4 is 5.96 Å². The SMILES string of the molecule is CCNC(=NCc1ccccc1-n1nc(C)cc1C)NCC(C)N1CCOCC1C. The molecule has 30 heavy (non-hydrogen) atoms. The number of aromatic nitrogens is 2. The van der Waals surface area contributed by atoms with Crippen molar-refractivity contribution in [1.29, 1.82) is 0 Å². The smallest absolute Gasteiger partial charge is 0.191 e. The molecule has 0 spiro atoms. The standard InChI is InChI=1S/C23H36N6O/c1-6-24-23(25-14-19(4)28-11-12-30-16-20(28)5)26-15-21-9-7-8-10-22(21)29-18(3)13-17(2)27-29/h7-10,13,19-20H,6,11-12,14-16H2,1-5H3,(H2,24,25,26). The number of rotatable bonds is 7. The van der Waals surface area contributed by atoms with Crippen molar-refractivity contribution in [3.05, 3.63) is 47.3 Å². The predicted molar refractivity (Wildman–Crippen MR) is 122 cm³/mol.